The van der Waals surface area contributed by atoms with Crippen molar-refractivity contribution in [2.45, 2.75) is 0 Å². The molecule has 0 spiro atoms. The summed E-state index contributed by atoms with van der Waals surface area (Å²) in [5.41, 5.74) is 6.01. The van der Waals surface area contributed by atoms with Crippen molar-refractivity contribution in [2.24, 2.45) is 0 Å². The first-order valence-corrected chi connectivity index (χ1v) is 19.9. The van der Waals surface area contributed by atoms with E-state index < -0.39 is 0 Å². The fourth-order valence-corrected chi connectivity index (χ4v) is 10.7. The second-order valence-corrected chi connectivity index (χ2v) is 15.9. The zero-order valence-electron chi connectivity index (χ0n) is 30.0. The van der Waals surface area contributed by atoms with Gasteiger partial charge in [-0.3, -0.25) is 4.57 Å². The molecule has 4 heteroatoms. The molecule has 0 radical (unpaired) electrons. The van der Waals surface area contributed by atoms with Crippen molar-refractivity contribution in [1.29, 1.82) is 0 Å². The van der Waals surface area contributed by atoms with Crippen molar-refractivity contribution < 1.29 is 0 Å². The molecule has 56 heavy (non-hydrogen) atoms. The van der Waals surface area contributed by atoms with E-state index in [1.807, 2.05) is 11.3 Å². The molecule has 13 aromatic rings. The molecular weight excluding hydrogens is 699 g/mol. The largest absolute Gasteiger partial charge is 0.291 e. The number of hydrogen-bond acceptors (Lipinski definition) is 3. The third-order valence-electron chi connectivity index (χ3n) is 11.9. The van der Waals surface area contributed by atoms with E-state index in [2.05, 4.69) is 180 Å². The molecular formula is C52H29N3S. The molecule has 0 atom stereocenters. The number of fused-ring (bicyclic) bond motifs is 18. The second-order valence-electron chi connectivity index (χ2n) is 14.8. The quantitative estimate of drug-likeness (QED) is 0.166. The summed E-state index contributed by atoms with van der Waals surface area (Å²) in [7, 11) is 0. The Morgan fingerprint density at radius 1 is 0.393 bits per heavy atom. The molecule has 258 valence electrons. The number of benzene rings is 10. The van der Waals surface area contributed by atoms with Gasteiger partial charge in [0.2, 0.25) is 0 Å². The highest BCUT2D eigenvalue weighted by atomic mass is 32.1. The Morgan fingerprint density at radius 3 is 1.79 bits per heavy atom. The van der Waals surface area contributed by atoms with Crippen molar-refractivity contribution in [3.63, 3.8) is 0 Å². The second kappa shape index (κ2) is 11.2. The van der Waals surface area contributed by atoms with E-state index in [0.717, 1.165) is 49.9 Å². The van der Waals surface area contributed by atoms with Crippen LogP contribution in [0.15, 0.2) is 176 Å². The van der Waals surface area contributed by atoms with E-state index in [0.29, 0.717) is 0 Å². The normalized spacial score (nSPS) is 12.3. The maximum absolute atomic E-state index is 5.72. The van der Waals surface area contributed by atoms with Crippen LogP contribution in [-0.2, 0) is 0 Å². The van der Waals surface area contributed by atoms with Crippen molar-refractivity contribution >= 4 is 118 Å². The lowest BCUT2D eigenvalue weighted by atomic mass is 9.91. The molecule has 0 aliphatic heterocycles. The van der Waals surface area contributed by atoms with E-state index in [4.69, 9.17) is 9.97 Å². The van der Waals surface area contributed by atoms with Gasteiger partial charge in [-0.15, -0.1) is 11.3 Å². The minimum absolute atomic E-state index is 0.832. The third kappa shape index (κ3) is 4.01. The fraction of sp³-hybridized carbons (Fsp3) is 0. The van der Waals surface area contributed by atoms with Crippen molar-refractivity contribution in [1.82, 2.24) is 14.5 Å². The highest BCUT2D eigenvalue weighted by Gasteiger charge is 2.25. The average Bonchev–Trinajstić information content (AvgIpc) is 3.82. The number of thiophene rings is 1. The van der Waals surface area contributed by atoms with E-state index in [1.165, 1.54) is 74.0 Å². The van der Waals surface area contributed by atoms with Crippen LogP contribution < -0.4 is 0 Å². The monoisotopic (exact) mass is 727 g/mol. The SMILES string of the molecule is c1ccc2c(c1)ccc1nc(-n3c4ccc5c6ccccc6c6ccccc6c5c4c4ccc5ccccc5c43)c(-c3cccc4c3sc3ccccc34)nc12. The molecule has 0 saturated carbocycles. The van der Waals surface area contributed by atoms with E-state index in [-0.39, 0.29) is 0 Å². The van der Waals surface area contributed by atoms with Gasteiger partial charge in [-0.2, -0.15) is 0 Å². The van der Waals surface area contributed by atoms with Crippen LogP contribution in [0.2, 0.25) is 0 Å². The molecule has 0 aliphatic rings. The Bertz CT molecular complexity index is 3800. The maximum atomic E-state index is 5.72. The number of aromatic nitrogens is 3. The standard InChI is InChI=1S/C52H29N3S/c1-3-14-32-30(12-1)25-28-43-48(32)54-49(42-22-11-21-40-37-19-9-10-23-45(37)56-51(40)42)52(53-43)55-44-29-27-39-36-18-6-5-16-34(36)35-17-7-8-20-38(35)46(39)47(44)41-26-24-31-13-2-4-15-33(31)50(41)55/h1-29H. The van der Waals surface area contributed by atoms with Crippen molar-refractivity contribution in [3.8, 4) is 17.1 Å². The van der Waals surface area contributed by atoms with Crippen LogP contribution >= 0.6 is 11.3 Å². The lowest BCUT2D eigenvalue weighted by molar-refractivity contribution is 1.09. The van der Waals surface area contributed by atoms with Gasteiger partial charge in [-0.05, 0) is 55.9 Å². The maximum Gasteiger partial charge on any atom is 0.165 e. The predicted octanol–water partition coefficient (Wildman–Crippen LogP) is 14.5. The molecule has 13 rings (SSSR count). The molecule has 0 aliphatic carbocycles. The van der Waals surface area contributed by atoms with Crippen LogP contribution in [0.1, 0.15) is 0 Å². The molecule has 0 amide bonds. The molecule has 3 heterocycles. The first-order valence-electron chi connectivity index (χ1n) is 19.1. The van der Waals surface area contributed by atoms with Gasteiger partial charge >= 0.3 is 0 Å². The molecule has 0 saturated heterocycles. The number of hydrogen-bond donors (Lipinski definition) is 0. The van der Waals surface area contributed by atoms with Crippen molar-refractivity contribution in [2.75, 3.05) is 0 Å². The summed E-state index contributed by atoms with van der Waals surface area (Å²) in [5.74, 6) is 0.832. The summed E-state index contributed by atoms with van der Waals surface area (Å²) in [6.07, 6.45) is 0. The van der Waals surface area contributed by atoms with Gasteiger partial charge in [-0.25, -0.2) is 9.97 Å². The van der Waals surface area contributed by atoms with Crippen LogP contribution in [0, 0.1) is 0 Å². The van der Waals surface area contributed by atoms with E-state index in [1.54, 1.807) is 0 Å². The zero-order chi connectivity index (χ0) is 36.5. The van der Waals surface area contributed by atoms with Gasteiger partial charge in [0.1, 0.15) is 5.69 Å². The topological polar surface area (TPSA) is 30.7 Å². The Hall–Kier alpha value is -7.14. The van der Waals surface area contributed by atoms with Crippen molar-refractivity contribution in [3.05, 3.63) is 176 Å². The van der Waals surface area contributed by atoms with Crippen LogP contribution in [0.4, 0.5) is 0 Å². The lowest BCUT2D eigenvalue weighted by Crippen LogP contribution is -2.04. The Balaban J connectivity index is 1.28. The minimum Gasteiger partial charge on any atom is -0.291 e. The summed E-state index contributed by atoms with van der Waals surface area (Å²) in [5, 5.41) is 17.2. The molecule has 0 unspecified atom stereocenters. The summed E-state index contributed by atoms with van der Waals surface area (Å²) >= 11 is 1.84. The Labute approximate surface area is 324 Å². The number of nitrogens with zero attached hydrogens (tertiary/aromatic N) is 3. The summed E-state index contributed by atoms with van der Waals surface area (Å²) in [6.45, 7) is 0. The van der Waals surface area contributed by atoms with Crippen LogP contribution in [-0.4, -0.2) is 14.5 Å². The van der Waals surface area contributed by atoms with Gasteiger partial charge < -0.3 is 0 Å². The van der Waals surface area contributed by atoms with Gasteiger partial charge in [-0.1, -0.05) is 158 Å². The predicted molar refractivity (Wildman–Crippen MR) is 240 cm³/mol. The molecule has 3 aromatic heterocycles. The minimum atomic E-state index is 0.832. The zero-order valence-corrected chi connectivity index (χ0v) is 30.8. The Morgan fingerprint density at radius 2 is 0.982 bits per heavy atom. The van der Waals surface area contributed by atoms with Gasteiger partial charge in [0, 0.05) is 52.7 Å². The van der Waals surface area contributed by atoms with Crippen LogP contribution in [0.25, 0.3) is 124 Å². The van der Waals surface area contributed by atoms with Crippen LogP contribution in [0.3, 0.4) is 0 Å². The molecule has 10 aromatic carbocycles. The first-order chi connectivity index (χ1) is 27.8. The first kappa shape index (κ1) is 30.2. The highest BCUT2D eigenvalue weighted by molar-refractivity contribution is 7.26. The van der Waals surface area contributed by atoms with Crippen LogP contribution in [0.5, 0.6) is 0 Å². The summed E-state index contributed by atoms with van der Waals surface area (Å²) in [6, 6.07) is 64.0. The van der Waals surface area contributed by atoms with E-state index in [9.17, 15) is 0 Å². The van der Waals surface area contributed by atoms with E-state index >= 15 is 0 Å². The average molecular weight is 728 g/mol. The molecule has 0 fully saturated rings. The summed E-state index contributed by atoms with van der Waals surface area (Å²) < 4.78 is 4.92. The molecule has 0 N–H and O–H groups in total. The van der Waals surface area contributed by atoms with Gasteiger partial charge in [0.05, 0.1) is 22.1 Å². The highest BCUT2D eigenvalue weighted by Crippen LogP contribution is 2.47. The molecule has 3 nitrogen and oxygen atoms in total. The fourth-order valence-electron chi connectivity index (χ4n) is 9.53. The third-order valence-corrected chi connectivity index (χ3v) is 13.2. The number of rotatable bonds is 2. The van der Waals surface area contributed by atoms with Gasteiger partial charge in [0.15, 0.2) is 5.82 Å². The lowest BCUT2D eigenvalue weighted by Gasteiger charge is -2.16. The van der Waals surface area contributed by atoms with Gasteiger partial charge in [0.25, 0.3) is 0 Å². The molecule has 0 bridgehead atoms. The summed E-state index contributed by atoms with van der Waals surface area (Å²) in [4.78, 5) is 11.4. The smallest absolute Gasteiger partial charge is 0.165 e. The Kier molecular flexibility index (Phi) is 6.04.